The highest BCUT2D eigenvalue weighted by Gasteiger charge is 2.07. The van der Waals surface area contributed by atoms with Gasteiger partial charge in [-0.1, -0.05) is 0 Å². The second kappa shape index (κ2) is 3.77. The first-order chi connectivity index (χ1) is 7.61. The number of fused-ring (bicyclic) bond motifs is 1. The molecule has 2 rings (SSSR count). The quantitative estimate of drug-likeness (QED) is 0.738. The van der Waals surface area contributed by atoms with E-state index < -0.39 is 0 Å². The van der Waals surface area contributed by atoms with Crippen LogP contribution in [0.25, 0.3) is 5.65 Å². The lowest BCUT2D eigenvalue weighted by Crippen LogP contribution is -2.05. The second-order valence-corrected chi connectivity index (χ2v) is 3.64. The maximum absolute atomic E-state index is 7.75. The number of nitrogens with one attached hydrogen (secondary N) is 1. The van der Waals surface area contributed by atoms with E-state index in [1.807, 2.05) is 26.1 Å². The van der Waals surface area contributed by atoms with Crippen LogP contribution >= 0.6 is 0 Å². The van der Waals surface area contributed by atoms with Gasteiger partial charge in [0.05, 0.1) is 17.6 Å². The zero-order valence-corrected chi connectivity index (χ0v) is 9.23. The lowest BCUT2D eigenvalue weighted by atomic mass is 10.2. The molecule has 0 spiro atoms. The average Bonchev–Trinajstić information content (AvgIpc) is 2.59. The Balaban J connectivity index is 2.61. The summed E-state index contributed by atoms with van der Waals surface area (Å²) in [4.78, 5) is 4.35. The van der Waals surface area contributed by atoms with Crippen molar-refractivity contribution in [2.75, 3.05) is 0 Å². The molecule has 5 heteroatoms. The lowest BCUT2D eigenvalue weighted by Gasteiger charge is -2.02. The minimum Gasteiger partial charge on any atom is -0.405 e. The fourth-order valence-corrected chi connectivity index (χ4v) is 1.56. The summed E-state index contributed by atoms with van der Waals surface area (Å²) in [6.45, 7) is 3.87. The number of nitrogens with two attached hydrogens (primary N) is 1. The molecule has 16 heavy (non-hydrogen) atoms. The van der Waals surface area contributed by atoms with Gasteiger partial charge in [0.2, 0.25) is 0 Å². The van der Waals surface area contributed by atoms with E-state index >= 15 is 0 Å². The summed E-state index contributed by atoms with van der Waals surface area (Å²) in [5, 5.41) is 12.0. The first kappa shape index (κ1) is 10.4. The Kier molecular flexibility index (Phi) is 2.44. The first-order valence-electron chi connectivity index (χ1n) is 4.92. The van der Waals surface area contributed by atoms with Crippen LogP contribution in [0.1, 0.15) is 17.0 Å². The number of aryl methyl sites for hydroxylation is 2. The Morgan fingerprint density at radius 1 is 1.50 bits per heavy atom. The van der Waals surface area contributed by atoms with Crippen LogP contribution in [0.3, 0.4) is 0 Å². The predicted molar refractivity (Wildman–Crippen MR) is 62.6 cm³/mol. The number of imidazole rings is 1. The van der Waals surface area contributed by atoms with Gasteiger partial charge in [0.25, 0.3) is 0 Å². The fourth-order valence-electron chi connectivity index (χ4n) is 1.56. The molecule has 0 saturated carbocycles. The summed E-state index contributed by atoms with van der Waals surface area (Å²) in [6, 6.07) is 1.84. The maximum atomic E-state index is 7.75. The zero-order valence-electron chi connectivity index (χ0n) is 9.23. The van der Waals surface area contributed by atoms with Crippen LogP contribution in [0.15, 0.2) is 24.5 Å². The Bertz CT molecular complexity index is 579. The molecule has 0 bridgehead atoms. The van der Waals surface area contributed by atoms with Gasteiger partial charge in [0.15, 0.2) is 5.65 Å². The van der Waals surface area contributed by atoms with Gasteiger partial charge >= 0.3 is 0 Å². The van der Waals surface area contributed by atoms with Crippen molar-refractivity contribution < 1.29 is 0 Å². The van der Waals surface area contributed by atoms with E-state index in [2.05, 4.69) is 10.1 Å². The highest BCUT2D eigenvalue weighted by molar-refractivity contribution is 6.05. The van der Waals surface area contributed by atoms with E-state index in [-0.39, 0.29) is 0 Å². The van der Waals surface area contributed by atoms with Gasteiger partial charge in [-0.15, -0.1) is 0 Å². The summed E-state index contributed by atoms with van der Waals surface area (Å²) < 4.78 is 1.69. The summed E-state index contributed by atoms with van der Waals surface area (Å²) in [5.74, 6) is 0. The molecule has 0 aromatic carbocycles. The largest absolute Gasteiger partial charge is 0.405 e. The predicted octanol–water partition coefficient (Wildman–Crippen LogP) is 1.19. The lowest BCUT2D eigenvalue weighted by molar-refractivity contribution is 0.916. The van der Waals surface area contributed by atoms with Crippen molar-refractivity contribution in [2.45, 2.75) is 13.8 Å². The molecule has 0 aliphatic rings. The van der Waals surface area contributed by atoms with Crippen LogP contribution < -0.4 is 5.73 Å². The number of nitrogens with zero attached hydrogens (tertiary/aromatic N) is 3. The van der Waals surface area contributed by atoms with Gasteiger partial charge < -0.3 is 5.73 Å². The van der Waals surface area contributed by atoms with Gasteiger partial charge in [0, 0.05) is 0 Å². The molecule has 0 saturated heterocycles. The Labute approximate surface area is 93.1 Å². The third-order valence-electron chi connectivity index (χ3n) is 2.27. The van der Waals surface area contributed by atoms with Gasteiger partial charge in [-0.2, -0.15) is 5.10 Å². The van der Waals surface area contributed by atoms with Crippen LogP contribution in [-0.4, -0.2) is 20.3 Å². The fraction of sp³-hybridized carbons (Fsp3) is 0.182. The van der Waals surface area contributed by atoms with Crippen LogP contribution in [0.2, 0.25) is 0 Å². The number of aromatic nitrogens is 3. The highest BCUT2D eigenvalue weighted by Crippen LogP contribution is 2.10. The summed E-state index contributed by atoms with van der Waals surface area (Å²) in [6.07, 6.45) is 4.69. The van der Waals surface area contributed by atoms with Crippen LogP contribution in [-0.2, 0) is 0 Å². The molecule has 0 radical (unpaired) electrons. The van der Waals surface area contributed by atoms with Crippen molar-refractivity contribution in [1.29, 1.82) is 5.41 Å². The minimum atomic E-state index is 0.291. The Morgan fingerprint density at radius 3 is 2.94 bits per heavy atom. The molecular weight excluding hydrogens is 202 g/mol. The van der Waals surface area contributed by atoms with Crippen molar-refractivity contribution >= 4 is 11.4 Å². The number of rotatable bonds is 2. The van der Waals surface area contributed by atoms with E-state index in [1.54, 1.807) is 4.52 Å². The van der Waals surface area contributed by atoms with Gasteiger partial charge in [-0.05, 0) is 37.8 Å². The third kappa shape index (κ3) is 1.67. The third-order valence-corrected chi connectivity index (χ3v) is 2.27. The van der Waals surface area contributed by atoms with E-state index in [0.29, 0.717) is 11.4 Å². The molecule has 0 aliphatic carbocycles. The molecule has 5 nitrogen and oxygen atoms in total. The number of hydrogen-bond donors (Lipinski definition) is 2. The zero-order chi connectivity index (χ0) is 11.7. The monoisotopic (exact) mass is 215 g/mol. The maximum Gasteiger partial charge on any atom is 0.156 e. The SMILES string of the molecule is Cc1cn2nc(C(=N)/C=C\N)cc(C)c2n1. The molecule has 82 valence electrons. The first-order valence-corrected chi connectivity index (χ1v) is 4.92. The summed E-state index contributed by atoms with van der Waals surface area (Å²) in [7, 11) is 0. The minimum absolute atomic E-state index is 0.291. The molecule has 0 aliphatic heterocycles. The van der Waals surface area contributed by atoms with E-state index in [0.717, 1.165) is 16.9 Å². The van der Waals surface area contributed by atoms with Crippen LogP contribution in [0.4, 0.5) is 0 Å². The van der Waals surface area contributed by atoms with E-state index in [1.165, 1.54) is 12.3 Å². The van der Waals surface area contributed by atoms with Crippen molar-refractivity contribution in [3.05, 3.63) is 41.5 Å². The molecule has 0 fully saturated rings. The molecular formula is C11H13N5. The molecule has 3 N–H and O–H groups in total. The standard InChI is InChI=1S/C11H13N5/c1-7-5-10(9(13)3-4-12)15-16-6-8(2)14-11(7)16/h3-6,13H,12H2,1-2H3/b4-3-,13-9?. The van der Waals surface area contributed by atoms with E-state index in [9.17, 15) is 0 Å². The summed E-state index contributed by atoms with van der Waals surface area (Å²) in [5.41, 5.74) is 8.86. The van der Waals surface area contributed by atoms with Gasteiger partial charge in [-0.25, -0.2) is 9.50 Å². The number of allylic oxidation sites excluding steroid dienone is 1. The Hall–Kier alpha value is -2.17. The number of hydrogen-bond acceptors (Lipinski definition) is 4. The van der Waals surface area contributed by atoms with Gasteiger partial charge in [0.1, 0.15) is 5.69 Å². The summed E-state index contributed by atoms with van der Waals surface area (Å²) >= 11 is 0. The van der Waals surface area contributed by atoms with E-state index in [4.69, 9.17) is 11.1 Å². The van der Waals surface area contributed by atoms with Gasteiger partial charge in [-0.3, -0.25) is 5.41 Å². The molecule has 0 unspecified atom stereocenters. The van der Waals surface area contributed by atoms with Crippen molar-refractivity contribution in [1.82, 2.24) is 14.6 Å². The van der Waals surface area contributed by atoms with Crippen LogP contribution in [0.5, 0.6) is 0 Å². The van der Waals surface area contributed by atoms with Crippen molar-refractivity contribution in [3.8, 4) is 0 Å². The highest BCUT2D eigenvalue weighted by atomic mass is 15.3. The second-order valence-electron chi connectivity index (χ2n) is 3.64. The average molecular weight is 215 g/mol. The normalized spacial score (nSPS) is 11.4. The molecule has 0 amide bonds. The van der Waals surface area contributed by atoms with Crippen molar-refractivity contribution in [2.24, 2.45) is 5.73 Å². The smallest absolute Gasteiger partial charge is 0.156 e. The molecule has 2 heterocycles. The molecule has 2 aromatic heterocycles. The van der Waals surface area contributed by atoms with Crippen LogP contribution in [0, 0.1) is 19.3 Å². The molecule has 2 aromatic rings. The topological polar surface area (TPSA) is 80.1 Å². The molecule has 0 atom stereocenters. The van der Waals surface area contributed by atoms with Crippen molar-refractivity contribution in [3.63, 3.8) is 0 Å². The Morgan fingerprint density at radius 2 is 2.25 bits per heavy atom.